The fourth-order valence-corrected chi connectivity index (χ4v) is 3.25. The Morgan fingerprint density at radius 2 is 1.60 bits per heavy atom. The van der Waals surface area contributed by atoms with Crippen LogP contribution in [0.2, 0.25) is 0 Å². The molecule has 0 heterocycles. The Labute approximate surface area is 93.6 Å². The Morgan fingerprint density at radius 3 is 2.20 bits per heavy atom. The highest BCUT2D eigenvalue weighted by molar-refractivity contribution is 5.81. The number of hydrogen-bond donors (Lipinski definition) is 0. The average molecular weight is 208 g/mol. The van der Waals surface area contributed by atoms with Crippen molar-refractivity contribution in [3.63, 3.8) is 0 Å². The van der Waals surface area contributed by atoms with Gasteiger partial charge in [-0.2, -0.15) is 0 Å². The lowest BCUT2D eigenvalue weighted by Crippen LogP contribution is -2.22. The van der Waals surface area contributed by atoms with E-state index in [4.69, 9.17) is 0 Å². The first kappa shape index (κ1) is 11.2. The van der Waals surface area contributed by atoms with E-state index in [-0.39, 0.29) is 0 Å². The van der Waals surface area contributed by atoms with Gasteiger partial charge in [0, 0.05) is 12.3 Å². The van der Waals surface area contributed by atoms with Gasteiger partial charge in [-0.15, -0.1) is 0 Å². The summed E-state index contributed by atoms with van der Waals surface area (Å²) in [6.45, 7) is 2.32. The Kier molecular flexibility index (Phi) is 3.82. The predicted molar refractivity (Wildman–Crippen MR) is 62.7 cm³/mol. The quantitative estimate of drug-likeness (QED) is 0.686. The molecule has 2 aliphatic carbocycles. The molecular formula is C14H24O. The molecule has 0 spiro atoms. The summed E-state index contributed by atoms with van der Waals surface area (Å²) in [5, 5.41) is 0. The Hall–Kier alpha value is -0.330. The van der Waals surface area contributed by atoms with Crippen molar-refractivity contribution in [2.24, 2.45) is 17.8 Å². The largest absolute Gasteiger partial charge is 0.299 e. The maximum Gasteiger partial charge on any atom is 0.136 e. The van der Waals surface area contributed by atoms with Gasteiger partial charge in [-0.25, -0.2) is 0 Å². The average Bonchev–Trinajstić information content (AvgIpc) is 2.71. The van der Waals surface area contributed by atoms with Gasteiger partial charge in [0.05, 0.1) is 0 Å². The van der Waals surface area contributed by atoms with Crippen LogP contribution >= 0.6 is 0 Å². The van der Waals surface area contributed by atoms with Crippen molar-refractivity contribution in [3.05, 3.63) is 0 Å². The minimum atomic E-state index is 0.432. The zero-order chi connectivity index (χ0) is 10.7. The van der Waals surface area contributed by atoms with Crippen molar-refractivity contribution in [2.75, 3.05) is 0 Å². The monoisotopic (exact) mass is 208 g/mol. The standard InChI is InChI=1S/C14H24O/c1-11-6-8-13(9-7-11)14(15)10-12-4-2-3-5-12/h11-13H,2-10H2,1H3. The van der Waals surface area contributed by atoms with E-state index in [0.29, 0.717) is 11.7 Å². The van der Waals surface area contributed by atoms with Crippen molar-refractivity contribution in [1.29, 1.82) is 0 Å². The van der Waals surface area contributed by atoms with Gasteiger partial charge in [0.1, 0.15) is 5.78 Å². The molecule has 0 unspecified atom stereocenters. The van der Waals surface area contributed by atoms with E-state index in [2.05, 4.69) is 6.92 Å². The van der Waals surface area contributed by atoms with Gasteiger partial charge in [0.25, 0.3) is 0 Å². The molecule has 2 saturated carbocycles. The van der Waals surface area contributed by atoms with Crippen LogP contribution in [0.4, 0.5) is 0 Å². The van der Waals surface area contributed by atoms with Crippen LogP contribution in [-0.4, -0.2) is 5.78 Å². The molecule has 0 aromatic heterocycles. The first-order valence-corrected chi connectivity index (χ1v) is 6.78. The van der Waals surface area contributed by atoms with Crippen LogP contribution in [0.25, 0.3) is 0 Å². The highest BCUT2D eigenvalue weighted by Crippen LogP contribution is 2.33. The van der Waals surface area contributed by atoms with Crippen LogP contribution in [0.15, 0.2) is 0 Å². The van der Waals surface area contributed by atoms with E-state index in [1.54, 1.807) is 0 Å². The lowest BCUT2D eigenvalue weighted by atomic mass is 9.79. The highest BCUT2D eigenvalue weighted by Gasteiger charge is 2.27. The van der Waals surface area contributed by atoms with Crippen molar-refractivity contribution in [2.45, 2.75) is 64.7 Å². The second-order valence-electron chi connectivity index (χ2n) is 5.78. The van der Waals surface area contributed by atoms with Crippen LogP contribution in [-0.2, 0) is 4.79 Å². The molecule has 86 valence electrons. The van der Waals surface area contributed by atoms with Gasteiger partial charge in [0.15, 0.2) is 0 Å². The summed E-state index contributed by atoms with van der Waals surface area (Å²) in [5.41, 5.74) is 0. The number of rotatable bonds is 3. The van der Waals surface area contributed by atoms with Gasteiger partial charge >= 0.3 is 0 Å². The SMILES string of the molecule is CC1CCC(C(=O)CC2CCCC2)CC1. The molecule has 0 N–H and O–H groups in total. The van der Waals surface area contributed by atoms with E-state index in [9.17, 15) is 4.79 Å². The van der Waals surface area contributed by atoms with Crippen molar-refractivity contribution < 1.29 is 4.79 Å². The van der Waals surface area contributed by atoms with Crippen molar-refractivity contribution >= 4 is 5.78 Å². The highest BCUT2D eigenvalue weighted by atomic mass is 16.1. The topological polar surface area (TPSA) is 17.1 Å². The molecule has 0 aliphatic heterocycles. The van der Waals surface area contributed by atoms with Gasteiger partial charge in [-0.1, -0.05) is 45.4 Å². The van der Waals surface area contributed by atoms with Crippen LogP contribution < -0.4 is 0 Å². The van der Waals surface area contributed by atoms with E-state index in [1.807, 2.05) is 0 Å². The third kappa shape index (κ3) is 3.06. The Balaban J connectivity index is 1.75. The molecule has 0 aromatic rings. The zero-order valence-corrected chi connectivity index (χ0v) is 10.0. The van der Waals surface area contributed by atoms with Crippen molar-refractivity contribution in [1.82, 2.24) is 0 Å². The van der Waals surface area contributed by atoms with E-state index < -0.39 is 0 Å². The number of ketones is 1. The van der Waals surface area contributed by atoms with E-state index in [0.717, 1.165) is 18.3 Å². The molecule has 0 saturated heterocycles. The lowest BCUT2D eigenvalue weighted by molar-refractivity contribution is -0.124. The van der Waals surface area contributed by atoms with Crippen LogP contribution in [0, 0.1) is 17.8 Å². The number of carbonyl (C=O) groups is 1. The summed E-state index contributed by atoms with van der Waals surface area (Å²) in [4.78, 5) is 12.1. The lowest BCUT2D eigenvalue weighted by Gasteiger charge is -2.25. The van der Waals surface area contributed by atoms with Gasteiger partial charge in [-0.05, 0) is 24.7 Å². The summed E-state index contributed by atoms with van der Waals surface area (Å²) in [7, 11) is 0. The number of carbonyl (C=O) groups excluding carboxylic acids is 1. The molecule has 0 radical (unpaired) electrons. The normalized spacial score (nSPS) is 33.1. The Bertz CT molecular complexity index is 207. The molecule has 2 rings (SSSR count). The first-order valence-electron chi connectivity index (χ1n) is 6.78. The number of hydrogen-bond acceptors (Lipinski definition) is 1. The molecule has 0 aromatic carbocycles. The molecule has 1 heteroatoms. The second-order valence-corrected chi connectivity index (χ2v) is 5.78. The summed E-state index contributed by atoms with van der Waals surface area (Å²) in [6.07, 6.45) is 11.2. The second kappa shape index (κ2) is 5.14. The number of Topliss-reactive ketones (excluding diaryl/α,β-unsaturated/α-hetero) is 1. The fourth-order valence-electron chi connectivity index (χ4n) is 3.25. The molecule has 1 nitrogen and oxygen atoms in total. The molecular weight excluding hydrogens is 184 g/mol. The molecule has 2 aliphatic rings. The van der Waals surface area contributed by atoms with Crippen LogP contribution in [0.1, 0.15) is 64.7 Å². The maximum absolute atomic E-state index is 12.1. The van der Waals surface area contributed by atoms with E-state index >= 15 is 0 Å². The van der Waals surface area contributed by atoms with Crippen molar-refractivity contribution in [3.8, 4) is 0 Å². The smallest absolute Gasteiger partial charge is 0.136 e. The summed E-state index contributed by atoms with van der Waals surface area (Å²) in [5.74, 6) is 2.63. The van der Waals surface area contributed by atoms with E-state index in [1.165, 1.54) is 51.4 Å². The minimum Gasteiger partial charge on any atom is -0.299 e. The first-order chi connectivity index (χ1) is 7.25. The molecule has 15 heavy (non-hydrogen) atoms. The van der Waals surface area contributed by atoms with Crippen LogP contribution in [0.3, 0.4) is 0 Å². The Morgan fingerprint density at radius 1 is 1.00 bits per heavy atom. The van der Waals surface area contributed by atoms with Gasteiger partial charge in [0.2, 0.25) is 0 Å². The van der Waals surface area contributed by atoms with Crippen LogP contribution in [0.5, 0.6) is 0 Å². The summed E-state index contributed by atoms with van der Waals surface area (Å²) in [6, 6.07) is 0. The molecule has 0 bridgehead atoms. The van der Waals surface area contributed by atoms with Gasteiger partial charge in [-0.3, -0.25) is 4.79 Å². The predicted octanol–water partition coefficient (Wildman–Crippen LogP) is 3.96. The molecule has 2 fully saturated rings. The molecule has 0 amide bonds. The summed E-state index contributed by atoms with van der Waals surface area (Å²) < 4.78 is 0. The third-order valence-corrected chi connectivity index (χ3v) is 4.44. The maximum atomic E-state index is 12.1. The summed E-state index contributed by atoms with van der Waals surface area (Å²) >= 11 is 0. The molecule has 0 atom stereocenters. The zero-order valence-electron chi connectivity index (χ0n) is 10.0. The minimum absolute atomic E-state index is 0.432. The fraction of sp³-hybridized carbons (Fsp3) is 0.929. The third-order valence-electron chi connectivity index (χ3n) is 4.44. The van der Waals surface area contributed by atoms with Gasteiger partial charge < -0.3 is 0 Å².